The van der Waals surface area contributed by atoms with Crippen molar-refractivity contribution in [2.75, 3.05) is 0 Å². The molecule has 2 heterocycles. The second-order valence-electron chi connectivity index (χ2n) is 4.67. The lowest BCUT2D eigenvalue weighted by Crippen LogP contribution is -2.39. The van der Waals surface area contributed by atoms with Crippen LogP contribution in [0.25, 0.3) is 10.9 Å². The number of carboxylic acids is 1. The monoisotopic (exact) mass is 273 g/mol. The van der Waals surface area contributed by atoms with E-state index in [-0.39, 0.29) is 23.8 Å². The highest BCUT2D eigenvalue weighted by atomic mass is 16.4. The minimum Gasteiger partial charge on any atom is -0.478 e. The number of fused-ring (bicyclic) bond motifs is 1. The number of rotatable bonds is 2. The summed E-state index contributed by atoms with van der Waals surface area (Å²) in [6, 6.07) is 3.06. The highest BCUT2D eigenvalue weighted by Gasteiger charge is 2.30. The van der Waals surface area contributed by atoms with Crippen LogP contribution in [0.2, 0.25) is 0 Å². The average Bonchev–Trinajstić information content (AvgIpc) is 2.87. The summed E-state index contributed by atoms with van der Waals surface area (Å²) in [5.74, 6) is -2.16. The molecule has 1 aliphatic rings. The molecule has 0 radical (unpaired) electrons. The van der Waals surface area contributed by atoms with Crippen molar-refractivity contribution in [3.63, 3.8) is 0 Å². The van der Waals surface area contributed by atoms with E-state index in [4.69, 9.17) is 5.11 Å². The van der Waals surface area contributed by atoms with Gasteiger partial charge in [-0.2, -0.15) is 5.10 Å². The van der Waals surface area contributed by atoms with E-state index in [1.807, 2.05) is 0 Å². The Hall–Kier alpha value is -2.70. The molecular weight excluding hydrogens is 262 g/mol. The number of aromatic carboxylic acids is 1. The maximum atomic E-state index is 11.9. The van der Waals surface area contributed by atoms with Gasteiger partial charge < -0.3 is 5.11 Å². The van der Waals surface area contributed by atoms with Gasteiger partial charge in [0.05, 0.1) is 23.2 Å². The van der Waals surface area contributed by atoms with Crippen LogP contribution in [-0.2, 0) is 9.59 Å². The normalized spacial score (nSPS) is 19.1. The molecule has 1 atom stereocenters. The number of piperidine rings is 1. The summed E-state index contributed by atoms with van der Waals surface area (Å²) >= 11 is 0. The second-order valence-corrected chi connectivity index (χ2v) is 4.67. The van der Waals surface area contributed by atoms with Crippen molar-refractivity contribution in [2.24, 2.45) is 0 Å². The summed E-state index contributed by atoms with van der Waals surface area (Å²) in [7, 11) is 0. The lowest BCUT2D eigenvalue weighted by atomic mass is 9.88. The van der Waals surface area contributed by atoms with Crippen LogP contribution in [0.1, 0.15) is 34.7 Å². The maximum absolute atomic E-state index is 11.9. The number of nitrogens with one attached hydrogen (secondary N) is 2. The third-order valence-electron chi connectivity index (χ3n) is 3.49. The van der Waals surface area contributed by atoms with E-state index in [2.05, 4.69) is 15.5 Å². The first kappa shape index (κ1) is 12.3. The van der Waals surface area contributed by atoms with Gasteiger partial charge in [-0.25, -0.2) is 4.79 Å². The fourth-order valence-corrected chi connectivity index (χ4v) is 2.53. The zero-order valence-corrected chi connectivity index (χ0v) is 10.3. The Labute approximate surface area is 113 Å². The molecule has 20 heavy (non-hydrogen) atoms. The number of carbonyl (C=O) groups is 3. The quantitative estimate of drug-likeness (QED) is 0.700. The number of H-pyrrole nitrogens is 1. The van der Waals surface area contributed by atoms with E-state index < -0.39 is 11.9 Å². The Morgan fingerprint density at radius 1 is 1.35 bits per heavy atom. The van der Waals surface area contributed by atoms with Crippen molar-refractivity contribution in [1.29, 1.82) is 0 Å². The van der Waals surface area contributed by atoms with Crippen molar-refractivity contribution in [3.05, 3.63) is 29.5 Å². The zero-order chi connectivity index (χ0) is 14.3. The molecule has 1 aromatic heterocycles. The van der Waals surface area contributed by atoms with Gasteiger partial charge in [0.25, 0.3) is 0 Å². The molecule has 1 aliphatic heterocycles. The van der Waals surface area contributed by atoms with Crippen LogP contribution in [-0.4, -0.2) is 33.1 Å². The number of benzene rings is 1. The largest absolute Gasteiger partial charge is 0.478 e. The minimum absolute atomic E-state index is 0.105. The molecule has 102 valence electrons. The van der Waals surface area contributed by atoms with Gasteiger partial charge >= 0.3 is 5.97 Å². The zero-order valence-electron chi connectivity index (χ0n) is 10.3. The first-order valence-electron chi connectivity index (χ1n) is 6.11. The third kappa shape index (κ3) is 1.83. The molecule has 0 spiro atoms. The van der Waals surface area contributed by atoms with E-state index in [9.17, 15) is 14.4 Å². The van der Waals surface area contributed by atoms with Gasteiger partial charge in [-0.15, -0.1) is 0 Å². The van der Waals surface area contributed by atoms with Crippen LogP contribution < -0.4 is 5.32 Å². The van der Waals surface area contributed by atoms with Crippen molar-refractivity contribution < 1.29 is 19.5 Å². The van der Waals surface area contributed by atoms with E-state index in [1.54, 1.807) is 6.07 Å². The summed E-state index contributed by atoms with van der Waals surface area (Å²) in [6.07, 6.45) is 2.19. The molecule has 1 fully saturated rings. The molecule has 0 saturated carbocycles. The summed E-state index contributed by atoms with van der Waals surface area (Å²) < 4.78 is 0. The highest BCUT2D eigenvalue weighted by Crippen LogP contribution is 2.31. The summed E-state index contributed by atoms with van der Waals surface area (Å²) in [4.78, 5) is 34.2. The van der Waals surface area contributed by atoms with Gasteiger partial charge in [-0.1, -0.05) is 6.07 Å². The number of carboxylic acid groups (broad SMARTS) is 1. The predicted molar refractivity (Wildman–Crippen MR) is 68.2 cm³/mol. The van der Waals surface area contributed by atoms with Crippen LogP contribution in [0.15, 0.2) is 18.3 Å². The first-order valence-corrected chi connectivity index (χ1v) is 6.11. The Balaban J connectivity index is 2.11. The van der Waals surface area contributed by atoms with Crippen molar-refractivity contribution >= 4 is 28.7 Å². The van der Waals surface area contributed by atoms with Crippen LogP contribution in [0.4, 0.5) is 0 Å². The summed E-state index contributed by atoms with van der Waals surface area (Å²) in [5.41, 5.74) is 1.18. The molecule has 1 aromatic carbocycles. The van der Waals surface area contributed by atoms with Crippen LogP contribution >= 0.6 is 0 Å². The summed E-state index contributed by atoms with van der Waals surface area (Å²) in [6.45, 7) is 0. The standard InChI is InChI=1S/C13H11N3O4/c17-10-4-3-7(12(18)15-10)6-1-2-8(13(19)20)11-9(6)5-14-16-11/h1-2,5,7H,3-4H2,(H,14,16)(H,19,20)(H,15,17,18). The van der Waals surface area contributed by atoms with E-state index in [0.29, 0.717) is 22.9 Å². The topological polar surface area (TPSA) is 112 Å². The molecular formula is C13H11N3O4. The Morgan fingerprint density at radius 3 is 2.85 bits per heavy atom. The van der Waals surface area contributed by atoms with Crippen molar-refractivity contribution in [2.45, 2.75) is 18.8 Å². The van der Waals surface area contributed by atoms with Gasteiger partial charge in [0.2, 0.25) is 11.8 Å². The molecule has 2 amide bonds. The first-order chi connectivity index (χ1) is 9.58. The van der Waals surface area contributed by atoms with E-state index in [1.165, 1.54) is 12.3 Å². The molecule has 1 unspecified atom stereocenters. The smallest absolute Gasteiger partial charge is 0.337 e. The van der Waals surface area contributed by atoms with E-state index in [0.717, 1.165) is 0 Å². The molecule has 1 saturated heterocycles. The van der Waals surface area contributed by atoms with Gasteiger partial charge in [0.1, 0.15) is 0 Å². The third-order valence-corrected chi connectivity index (χ3v) is 3.49. The number of aromatic nitrogens is 2. The van der Waals surface area contributed by atoms with Crippen LogP contribution in [0, 0.1) is 0 Å². The van der Waals surface area contributed by atoms with Crippen molar-refractivity contribution in [1.82, 2.24) is 15.5 Å². The molecule has 2 aromatic rings. The molecule has 0 aliphatic carbocycles. The number of hydrogen-bond acceptors (Lipinski definition) is 4. The van der Waals surface area contributed by atoms with Crippen LogP contribution in [0.3, 0.4) is 0 Å². The average molecular weight is 273 g/mol. The van der Waals surface area contributed by atoms with E-state index >= 15 is 0 Å². The fraction of sp³-hybridized carbons (Fsp3) is 0.231. The van der Waals surface area contributed by atoms with Gasteiger partial charge in [0.15, 0.2) is 0 Å². The molecule has 3 N–H and O–H groups in total. The SMILES string of the molecule is O=C1CCC(c2ccc(C(=O)O)c3[nH]ncc23)C(=O)N1. The molecule has 7 heteroatoms. The Morgan fingerprint density at radius 2 is 2.15 bits per heavy atom. The highest BCUT2D eigenvalue weighted by molar-refractivity contribution is 6.06. The number of imide groups is 1. The second kappa shape index (κ2) is 4.44. The molecule has 0 bridgehead atoms. The summed E-state index contributed by atoms with van der Waals surface area (Å²) in [5, 5.41) is 18.5. The maximum Gasteiger partial charge on any atom is 0.337 e. The lowest BCUT2D eigenvalue weighted by Gasteiger charge is -2.21. The van der Waals surface area contributed by atoms with Gasteiger partial charge in [-0.05, 0) is 18.1 Å². The molecule has 3 rings (SSSR count). The van der Waals surface area contributed by atoms with Crippen LogP contribution in [0.5, 0.6) is 0 Å². The lowest BCUT2D eigenvalue weighted by molar-refractivity contribution is -0.134. The number of amides is 2. The number of aromatic amines is 1. The predicted octanol–water partition coefficient (Wildman–Crippen LogP) is 0.781. The van der Waals surface area contributed by atoms with Gasteiger partial charge in [-0.3, -0.25) is 20.0 Å². The Kier molecular flexibility index (Phi) is 2.74. The number of carbonyl (C=O) groups excluding carboxylic acids is 2. The van der Waals surface area contributed by atoms with Gasteiger partial charge in [0, 0.05) is 11.8 Å². The fourth-order valence-electron chi connectivity index (χ4n) is 2.53. The minimum atomic E-state index is -1.06. The van der Waals surface area contributed by atoms with Crippen molar-refractivity contribution in [3.8, 4) is 0 Å². The number of nitrogens with zero attached hydrogens (tertiary/aromatic N) is 1. The Bertz CT molecular complexity index is 734. The molecule has 7 nitrogen and oxygen atoms in total. The number of hydrogen-bond donors (Lipinski definition) is 3.